The van der Waals surface area contributed by atoms with Crippen LogP contribution < -0.4 is 0 Å². The fourth-order valence-electron chi connectivity index (χ4n) is 3.25. The van der Waals surface area contributed by atoms with Gasteiger partial charge in [-0.25, -0.2) is 0 Å². The van der Waals surface area contributed by atoms with Gasteiger partial charge < -0.3 is 0 Å². The van der Waals surface area contributed by atoms with Crippen molar-refractivity contribution < 1.29 is 4.79 Å². The topological polar surface area (TPSA) is 17.1 Å². The van der Waals surface area contributed by atoms with Crippen molar-refractivity contribution >= 4 is 21.7 Å². The summed E-state index contributed by atoms with van der Waals surface area (Å²) in [5.74, 6) is 0.293. The maximum absolute atomic E-state index is 13.0. The number of Topliss-reactive ketones (excluding diaryl/α,β-unsaturated/α-hetero) is 1. The second-order valence-corrected chi connectivity index (χ2v) is 6.47. The van der Waals surface area contributed by atoms with Crippen molar-refractivity contribution in [3.8, 4) is 0 Å². The predicted octanol–water partition coefficient (Wildman–Crippen LogP) is 4.49. The molecule has 1 aliphatic rings. The van der Waals surface area contributed by atoms with Crippen molar-refractivity contribution in [3.05, 3.63) is 71.8 Å². The quantitative estimate of drug-likeness (QED) is 0.742. The number of benzene rings is 2. The molecule has 0 heterocycles. The van der Waals surface area contributed by atoms with Gasteiger partial charge in [0.05, 0.1) is 10.2 Å². The van der Waals surface area contributed by atoms with Gasteiger partial charge in [-0.1, -0.05) is 83.0 Å². The Labute approximate surface area is 128 Å². The van der Waals surface area contributed by atoms with Crippen molar-refractivity contribution in [1.29, 1.82) is 0 Å². The molecule has 1 atom stereocenters. The average Bonchev–Trinajstić information content (AvgIpc) is 2.52. The van der Waals surface area contributed by atoms with Crippen molar-refractivity contribution in [1.82, 2.24) is 0 Å². The first-order chi connectivity index (χ1) is 9.75. The summed E-state index contributed by atoms with van der Waals surface area (Å²) >= 11 is 3.57. The van der Waals surface area contributed by atoms with E-state index in [-0.39, 0.29) is 4.83 Å². The molecule has 0 aliphatic heterocycles. The van der Waals surface area contributed by atoms with Gasteiger partial charge in [0.25, 0.3) is 0 Å². The Morgan fingerprint density at radius 2 is 1.40 bits per heavy atom. The molecule has 0 aromatic heterocycles. The monoisotopic (exact) mass is 328 g/mol. The first kappa shape index (κ1) is 13.6. The molecule has 20 heavy (non-hydrogen) atoms. The first-order valence-corrected chi connectivity index (χ1v) is 7.96. The summed E-state index contributed by atoms with van der Waals surface area (Å²) in [6.07, 6.45) is 2.88. The average molecular weight is 329 g/mol. The highest BCUT2D eigenvalue weighted by molar-refractivity contribution is 9.10. The first-order valence-electron chi connectivity index (χ1n) is 7.04. The minimum absolute atomic E-state index is 0.0448. The van der Waals surface area contributed by atoms with Crippen LogP contribution in [-0.4, -0.2) is 10.6 Å². The summed E-state index contributed by atoms with van der Waals surface area (Å²) in [5.41, 5.74) is 1.73. The SMILES string of the molecule is O=C1C(Br)CCCC1(c1ccccc1)c1ccccc1. The standard InChI is InChI=1S/C18H17BrO/c19-16-12-7-13-18(17(16)20,14-8-3-1-4-9-14)15-10-5-2-6-11-15/h1-6,8-11,16H,7,12-13H2. The van der Waals surface area contributed by atoms with Crippen LogP contribution in [0.2, 0.25) is 0 Å². The molecule has 102 valence electrons. The lowest BCUT2D eigenvalue weighted by Gasteiger charge is -2.39. The van der Waals surface area contributed by atoms with Gasteiger partial charge in [0, 0.05) is 0 Å². The van der Waals surface area contributed by atoms with Crippen LogP contribution in [0.1, 0.15) is 30.4 Å². The van der Waals surface area contributed by atoms with Crippen molar-refractivity contribution in [2.45, 2.75) is 29.5 Å². The van der Waals surface area contributed by atoms with E-state index in [9.17, 15) is 4.79 Å². The molecule has 0 amide bonds. The Morgan fingerprint density at radius 1 is 0.900 bits per heavy atom. The van der Waals surface area contributed by atoms with E-state index in [0.29, 0.717) is 5.78 Å². The van der Waals surface area contributed by atoms with Crippen LogP contribution in [-0.2, 0) is 10.2 Å². The molecule has 0 N–H and O–H groups in total. The lowest BCUT2D eigenvalue weighted by Crippen LogP contribution is -2.45. The maximum atomic E-state index is 13.0. The molecule has 1 aliphatic carbocycles. The molecule has 1 saturated carbocycles. The third-order valence-corrected chi connectivity index (χ3v) is 5.12. The summed E-state index contributed by atoms with van der Waals surface area (Å²) < 4.78 is 0. The molecule has 0 spiro atoms. The van der Waals surface area contributed by atoms with Gasteiger partial charge in [0.1, 0.15) is 0 Å². The van der Waals surface area contributed by atoms with Crippen LogP contribution in [0.3, 0.4) is 0 Å². The lowest BCUT2D eigenvalue weighted by molar-refractivity contribution is -0.124. The minimum atomic E-state index is -0.491. The number of hydrogen-bond donors (Lipinski definition) is 0. The molecular formula is C18H17BrO. The van der Waals surface area contributed by atoms with E-state index in [0.717, 1.165) is 30.4 Å². The van der Waals surface area contributed by atoms with Crippen molar-refractivity contribution in [2.24, 2.45) is 0 Å². The zero-order valence-corrected chi connectivity index (χ0v) is 12.8. The molecule has 2 aromatic carbocycles. The number of hydrogen-bond acceptors (Lipinski definition) is 1. The fourth-order valence-corrected chi connectivity index (χ4v) is 3.97. The highest BCUT2D eigenvalue weighted by Crippen LogP contribution is 2.44. The third-order valence-electron chi connectivity index (χ3n) is 4.25. The Hall–Kier alpha value is -1.41. The Balaban J connectivity index is 2.20. The second kappa shape index (κ2) is 5.53. The number of ketones is 1. The number of carbonyl (C=O) groups excluding carboxylic acids is 1. The van der Waals surface area contributed by atoms with Gasteiger partial charge in [0.15, 0.2) is 5.78 Å². The highest BCUT2D eigenvalue weighted by Gasteiger charge is 2.46. The number of alkyl halides is 1. The van der Waals surface area contributed by atoms with Gasteiger partial charge in [-0.05, 0) is 24.0 Å². The van der Waals surface area contributed by atoms with E-state index < -0.39 is 5.41 Å². The van der Waals surface area contributed by atoms with Crippen molar-refractivity contribution in [3.63, 3.8) is 0 Å². The zero-order chi connectivity index (χ0) is 14.0. The van der Waals surface area contributed by atoms with Crippen LogP contribution >= 0.6 is 15.9 Å². The van der Waals surface area contributed by atoms with Gasteiger partial charge in [-0.15, -0.1) is 0 Å². The molecule has 1 fully saturated rings. The van der Waals surface area contributed by atoms with E-state index in [2.05, 4.69) is 40.2 Å². The molecule has 0 bridgehead atoms. The third kappa shape index (κ3) is 2.12. The van der Waals surface area contributed by atoms with E-state index in [1.807, 2.05) is 36.4 Å². The van der Waals surface area contributed by atoms with E-state index >= 15 is 0 Å². The molecule has 2 aromatic rings. The smallest absolute Gasteiger partial charge is 0.161 e. The predicted molar refractivity (Wildman–Crippen MR) is 85.2 cm³/mol. The van der Waals surface area contributed by atoms with Crippen LogP contribution in [0.25, 0.3) is 0 Å². The van der Waals surface area contributed by atoms with E-state index in [4.69, 9.17) is 0 Å². The molecule has 0 radical (unpaired) electrons. The summed E-state index contributed by atoms with van der Waals surface area (Å²) in [4.78, 5) is 13.0. The van der Waals surface area contributed by atoms with Gasteiger partial charge >= 0.3 is 0 Å². The van der Waals surface area contributed by atoms with Crippen LogP contribution in [0, 0.1) is 0 Å². The summed E-state index contributed by atoms with van der Waals surface area (Å²) in [6, 6.07) is 20.4. The van der Waals surface area contributed by atoms with Gasteiger partial charge in [0.2, 0.25) is 0 Å². The molecular weight excluding hydrogens is 312 g/mol. The minimum Gasteiger partial charge on any atom is -0.297 e. The molecule has 1 nitrogen and oxygen atoms in total. The Bertz CT molecular complexity index is 552. The number of carbonyl (C=O) groups is 1. The normalized spacial score (nSPS) is 21.6. The maximum Gasteiger partial charge on any atom is 0.161 e. The lowest BCUT2D eigenvalue weighted by atomic mass is 9.64. The van der Waals surface area contributed by atoms with Gasteiger partial charge in [-0.3, -0.25) is 4.79 Å². The fraction of sp³-hybridized carbons (Fsp3) is 0.278. The van der Waals surface area contributed by atoms with Crippen LogP contribution in [0.15, 0.2) is 60.7 Å². The highest BCUT2D eigenvalue weighted by atomic mass is 79.9. The number of halogens is 1. The Morgan fingerprint density at radius 3 is 1.90 bits per heavy atom. The zero-order valence-electron chi connectivity index (χ0n) is 11.3. The molecule has 0 saturated heterocycles. The largest absolute Gasteiger partial charge is 0.297 e. The summed E-state index contributed by atoms with van der Waals surface area (Å²) in [6.45, 7) is 0. The van der Waals surface area contributed by atoms with E-state index in [1.54, 1.807) is 0 Å². The van der Waals surface area contributed by atoms with E-state index in [1.165, 1.54) is 0 Å². The van der Waals surface area contributed by atoms with Crippen LogP contribution in [0.4, 0.5) is 0 Å². The summed E-state index contributed by atoms with van der Waals surface area (Å²) in [7, 11) is 0. The molecule has 3 rings (SSSR count). The summed E-state index contributed by atoms with van der Waals surface area (Å²) in [5, 5.41) is 0. The molecule has 1 unspecified atom stereocenters. The van der Waals surface area contributed by atoms with Crippen LogP contribution in [0.5, 0.6) is 0 Å². The number of rotatable bonds is 2. The van der Waals surface area contributed by atoms with Gasteiger partial charge in [-0.2, -0.15) is 0 Å². The second-order valence-electron chi connectivity index (χ2n) is 5.36. The Kier molecular flexibility index (Phi) is 3.75. The molecule has 2 heteroatoms. The van der Waals surface area contributed by atoms with Crippen molar-refractivity contribution in [2.75, 3.05) is 0 Å².